The first kappa shape index (κ1) is 20.6. The summed E-state index contributed by atoms with van der Waals surface area (Å²) in [7, 11) is -3.90. The Morgan fingerprint density at radius 2 is 1.67 bits per heavy atom. The normalized spacial score (nSPS) is 17.0. The highest BCUT2D eigenvalue weighted by molar-refractivity contribution is 7.89. The molecular formula is C19H22Cl2N2O3S. The number of ether oxygens (including phenoxy) is 1. The molecule has 27 heavy (non-hydrogen) atoms. The Morgan fingerprint density at radius 1 is 1.07 bits per heavy atom. The third-order valence-electron chi connectivity index (χ3n) is 4.51. The minimum Gasteiger partial charge on any atom is -0.379 e. The molecule has 0 bridgehead atoms. The Bertz CT molecular complexity index is 862. The summed E-state index contributed by atoms with van der Waals surface area (Å²) in [4.78, 5) is 2.09. The van der Waals surface area contributed by atoms with Crippen molar-refractivity contribution in [2.45, 2.75) is 17.9 Å². The molecule has 0 aliphatic carbocycles. The minimum absolute atomic E-state index is 0.0903. The molecule has 1 aliphatic heterocycles. The van der Waals surface area contributed by atoms with E-state index in [1.807, 2.05) is 31.2 Å². The first-order valence-corrected chi connectivity index (χ1v) is 10.9. The fourth-order valence-corrected chi connectivity index (χ4v) is 5.40. The Morgan fingerprint density at radius 3 is 2.26 bits per heavy atom. The molecule has 2 aromatic rings. The third kappa shape index (κ3) is 5.22. The van der Waals surface area contributed by atoms with E-state index >= 15 is 0 Å². The molecule has 1 fully saturated rings. The maximum atomic E-state index is 13.0. The summed E-state index contributed by atoms with van der Waals surface area (Å²) in [5.41, 5.74) is 2.00. The van der Waals surface area contributed by atoms with Crippen LogP contribution < -0.4 is 4.72 Å². The van der Waals surface area contributed by atoms with Crippen LogP contribution in [0.15, 0.2) is 47.4 Å². The SMILES string of the molecule is Cc1ccc([C@H](CN2CCOCC2)NS(=O)(=O)c2c(Cl)cccc2Cl)cc1. The molecule has 0 saturated carbocycles. The van der Waals surface area contributed by atoms with Crippen molar-refractivity contribution in [3.63, 3.8) is 0 Å². The molecule has 1 saturated heterocycles. The molecule has 3 rings (SSSR count). The van der Waals surface area contributed by atoms with Gasteiger partial charge in [-0.05, 0) is 24.6 Å². The lowest BCUT2D eigenvalue weighted by Gasteiger charge is -2.31. The van der Waals surface area contributed by atoms with Crippen LogP contribution in [0.3, 0.4) is 0 Å². The van der Waals surface area contributed by atoms with Gasteiger partial charge >= 0.3 is 0 Å². The van der Waals surface area contributed by atoms with Gasteiger partial charge in [0.15, 0.2) is 0 Å². The molecule has 0 radical (unpaired) electrons. The van der Waals surface area contributed by atoms with Gasteiger partial charge in [0.2, 0.25) is 10.0 Å². The van der Waals surface area contributed by atoms with Crippen molar-refractivity contribution in [2.24, 2.45) is 0 Å². The molecule has 5 nitrogen and oxygen atoms in total. The van der Waals surface area contributed by atoms with Crippen LogP contribution in [-0.4, -0.2) is 46.2 Å². The predicted octanol–water partition coefficient (Wildman–Crippen LogP) is 3.65. The zero-order valence-electron chi connectivity index (χ0n) is 15.0. The monoisotopic (exact) mass is 428 g/mol. The third-order valence-corrected chi connectivity index (χ3v) is 6.94. The van der Waals surface area contributed by atoms with Gasteiger partial charge in [0, 0.05) is 19.6 Å². The van der Waals surface area contributed by atoms with Crippen LogP contribution in [0.2, 0.25) is 10.0 Å². The summed E-state index contributed by atoms with van der Waals surface area (Å²) < 4.78 is 34.3. The zero-order valence-corrected chi connectivity index (χ0v) is 17.3. The van der Waals surface area contributed by atoms with Crippen LogP contribution in [0.1, 0.15) is 17.2 Å². The van der Waals surface area contributed by atoms with Crippen molar-refractivity contribution in [1.82, 2.24) is 9.62 Å². The Hall–Kier alpha value is -1.15. The van der Waals surface area contributed by atoms with E-state index in [9.17, 15) is 8.42 Å². The highest BCUT2D eigenvalue weighted by Crippen LogP contribution is 2.30. The van der Waals surface area contributed by atoms with E-state index in [0.717, 1.165) is 24.2 Å². The summed E-state index contributed by atoms with van der Waals surface area (Å²) in [6, 6.07) is 12.1. The number of hydrogen-bond donors (Lipinski definition) is 1. The maximum absolute atomic E-state index is 13.0. The number of benzene rings is 2. The highest BCUT2D eigenvalue weighted by Gasteiger charge is 2.27. The molecule has 0 spiro atoms. The first-order valence-electron chi connectivity index (χ1n) is 8.70. The van der Waals surface area contributed by atoms with Crippen molar-refractivity contribution in [3.8, 4) is 0 Å². The fourth-order valence-electron chi connectivity index (χ4n) is 3.04. The molecule has 0 unspecified atom stereocenters. The molecular weight excluding hydrogens is 407 g/mol. The maximum Gasteiger partial charge on any atom is 0.244 e. The van der Waals surface area contributed by atoms with E-state index in [1.165, 1.54) is 12.1 Å². The van der Waals surface area contributed by atoms with Crippen LogP contribution in [0.5, 0.6) is 0 Å². The van der Waals surface area contributed by atoms with Crippen molar-refractivity contribution >= 4 is 33.2 Å². The fraction of sp³-hybridized carbons (Fsp3) is 0.368. The van der Waals surface area contributed by atoms with Gasteiger partial charge in [-0.2, -0.15) is 0 Å². The standard InChI is InChI=1S/C19H22Cl2N2O3S/c1-14-5-7-15(8-6-14)18(13-23-9-11-26-12-10-23)22-27(24,25)19-16(20)3-2-4-17(19)21/h2-8,18,22H,9-13H2,1H3/t18-/m0/s1. The van der Waals surface area contributed by atoms with E-state index in [-0.39, 0.29) is 14.9 Å². The molecule has 146 valence electrons. The van der Waals surface area contributed by atoms with Gasteiger partial charge in [0.1, 0.15) is 4.90 Å². The molecule has 1 atom stereocenters. The molecule has 2 aromatic carbocycles. The second kappa shape index (κ2) is 8.90. The molecule has 0 amide bonds. The quantitative estimate of drug-likeness (QED) is 0.762. The Balaban J connectivity index is 1.91. The van der Waals surface area contributed by atoms with Crippen LogP contribution >= 0.6 is 23.2 Å². The van der Waals surface area contributed by atoms with Crippen molar-refractivity contribution in [1.29, 1.82) is 0 Å². The first-order chi connectivity index (χ1) is 12.9. The lowest BCUT2D eigenvalue weighted by atomic mass is 10.1. The zero-order chi connectivity index (χ0) is 19.4. The highest BCUT2D eigenvalue weighted by atomic mass is 35.5. The average Bonchev–Trinajstić information content (AvgIpc) is 2.62. The number of aryl methyl sites for hydroxylation is 1. The van der Waals surface area contributed by atoms with Gasteiger partial charge in [0.25, 0.3) is 0 Å². The molecule has 1 aliphatic rings. The van der Waals surface area contributed by atoms with Gasteiger partial charge in [-0.1, -0.05) is 59.1 Å². The number of nitrogens with one attached hydrogen (secondary N) is 1. The minimum atomic E-state index is -3.90. The van der Waals surface area contributed by atoms with E-state index in [1.54, 1.807) is 6.07 Å². The second-order valence-electron chi connectivity index (χ2n) is 6.55. The summed E-state index contributed by atoms with van der Waals surface area (Å²) in [6.45, 7) is 5.34. The van der Waals surface area contributed by atoms with E-state index < -0.39 is 16.1 Å². The molecule has 1 N–H and O–H groups in total. The number of morpholine rings is 1. The number of nitrogens with zero attached hydrogens (tertiary/aromatic N) is 1. The van der Waals surface area contributed by atoms with Crippen molar-refractivity contribution in [3.05, 3.63) is 63.6 Å². The van der Waals surface area contributed by atoms with Gasteiger partial charge in [0.05, 0.1) is 29.3 Å². The summed E-state index contributed by atoms with van der Waals surface area (Å²) in [5.74, 6) is 0. The summed E-state index contributed by atoms with van der Waals surface area (Å²) in [6.07, 6.45) is 0. The number of rotatable bonds is 6. The Kier molecular flexibility index (Phi) is 6.78. The van der Waals surface area contributed by atoms with Gasteiger partial charge < -0.3 is 4.74 Å². The van der Waals surface area contributed by atoms with Gasteiger partial charge in [-0.25, -0.2) is 13.1 Å². The molecule has 8 heteroatoms. The lowest BCUT2D eigenvalue weighted by Crippen LogP contribution is -2.43. The van der Waals surface area contributed by atoms with Crippen LogP contribution in [0, 0.1) is 6.92 Å². The van der Waals surface area contributed by atoms with E-state index in [2.05, 4.69) is 9.62 Å². The largest absolute Gasteiger partial charge is 0.379 e. The van der Waals surface area contributed by atoms with E-state index in [4.69, 9.17) is 27.9 Å². The van der Waals surface area contributed by atoms with Crippen LogP contribution in [0.25, 0.3) is 0 Å². The predicted molar refractivity (Wildman–Crippen MR) is 108 cm³/mol. The Labute approximate surface area is 170 Å². The van der Waals surface area contributed by atoms with Crippen LogP contribution in [0.4, 0.5) is 0 Å². The summed E-state index contributed by atoms with van der Waals surface area (Å²) >= 11 is 12.3. The summed E-state index contributed by atoms with van der Waals surface area (Å²) in [5, 5.41) is 0.202. The number of hydrogen-bond acceptors (Lipinski definition) is 4. The van der Waals surface area contributed by atoms with Crippen molar-refractivity contribution < 1.29 is 13.2 Å². The number of halogens is 2. The smallest absolute Gasteiger partial charge is 0.244 e. The van der Waals surface area contributed by atoms with E-state index in [0.29, 0.717) is 19.8 Å². The molecule has 1 heterocycles. The lowest BCUT2D eigenvalue weighted by molar-refractivity contribution is 0.0345. The topological polar surface area (TPSA) is 58.6 Å². The van der Waals surface area contributed by atoms with Crippen LogP contribution in [-0.2, 0) is 14.8 Å². The molecule has 0 aromatic heterocycles. The van der Waals surface area contributed by atoms with Gasteiger partial charge in [-0.3, -0.25) is 4.90 Å². The van der Waals surface area contributed by atoms with Gasteiger partial charge in [-0.15, -0.1) is 0 Å². The van der Waals surface area contributed by atoms with Crippen molar-refractivity contribution in [2.75, 3.05) is 32.8 Å². The second-order valence-corrected chi connectivity index (χ2v) is 9.01. The number of sulfonamides is 1. The average molecular weight is 429 g/mol.